The zero-order chi connectivity index (χ0) is 12.9. The zero-order valence-electron chi connectivity index (χ0n) is 9.88. The van der Waals surface area contributed by atoms with E-state index in [0.29, 0.717) is 5.06 Å². The van der Waals surface area contributed by atoms with Gasteiger partial charge in [0.2, 0.25) is 0 Å². The molecule has 0 N–H and O–H groups in total. The Hall–Kier alpha value is -1.79. The lowest BCUT2D eigenvalue weighted by Gasteiger charge is -2.06. The number of amides is 2. The number of hydrogen-bond acceptors (Lipinski definition) is 6. The number of hydrogen-bond donors (Lipinski definition) is 0. The van der Waals surface area contributed by atoms with Crippen molar-refractivity contribution in [3.05, 3.63) is 0 Å². The van der Waals surface area contributed by atoms with E-state index in [9.17, 15) is 14.4 Å². The van der Waals surface area contributed by atoms with Crippen LogP contribution in [-0.4, -0.2) is 29.0 Å². The second-order valence-electron chi connectivity index (χ2n) is 3.95. The molecular formula is C10H15N3O4. The van der Waals surface area contributed by atoms with Crippen LogP contribution in [0.5, 0.6) is 0 Å². The normalized spacial score (nSPS) is 19.8. The SMILES string of the molecule is CCCC1(C)N=N1.O=CON1C(=O)CCC1=O. The largest absolute Gasteiger partial charge is 0.334 e. The molecule has 0 aromatic rings. The quantitative estimate of drug-likeness (QED) is 0.546. The van der Waals surface area contributed by atoms with E-state index < -0.39 is 11.8 Å². The summed E-state index contributed by atoms with van der Waals surface area (Å²) in [5, 5.41) is 8.18. The highest BCUT2D eigenvalue weighted by Crippen LogP contribution is 2.31. The minimum absolute atomic E-state index is 0.0503. The van der Waals surface area contributed by atoms with Crippen LogP contribution in [0.25, 0.3) is 0 Å². The summed E-state index contributed by atoms with van der Waals surface area (Å²) in [4.78, 5) is 35.0. The summed E-state index contributed by atoms with van der Waals surface area (Å²) in [5.74, 6) is -0.922. The van der Waals surface area contributed by atoms with Crippen LogP contribution in [0.1, 0.15) is 39.5 Å². The van der Waals surface area contributed by atoms with Gasteiger partial charge in [0.15, 0.2) is 5.66 Å². The monoisotopic (exact) mass is 241 g/mol. The van der Waals surface area contributed by atoms with E-state index in [-0.39, 0.29) is 25.0 Å². The van der Waals surface area contributed by atoms with E-state index in [4.69, 9.17) is 0 Å². The number of nitrogens with zero attached hydrogens (tertiary/aromatic N) is 3. The summed E-state index contributed by atoms with van der Waals surface area (Å²) in [6.45, 7) is 4.26. The highest BCUT2D eigenvalue weighted by Gasteiger charge is 2.31. The molecule has 1 saturated heterocycles. The van der Waals surface area contributed by atoms with Crippen molar-refractivity contribution in [3.63, 3.8) is 0 Å². The van der Waals surface area contributed by atoms with E-state index in [0.717, 1.165) is 6.42 Å². The molecule has 2 aliphatic rings. The van der Waals surface area contributed by atoms with E-state index in [1.807, 2.05) is 0 Å². The minimum atomic E-state index is -0.461. The van der Waals surface area contributed by atoms with Crippen molar-refractivity contribution in [1.29, 1.82) is 0 Å². The van der Waals surface area contributed by atoms with Gasteiger partial charge >= 0.3 is 6.47 Å². The maximum absolute atomic E-state index is 10.6. The smallest absolute Gasteiger partial charge is 0.321 e. The molecule has 17 heavy (non-hydrogen) atoms. The zero-order valence-corrected chi connectivity index (χ0v) is 9.88. The lowest BCUT2D eigenvalue weighted by Crippen LogP contribution is -2.28. The molecule has 2 aliphatic heterocycles. The van der Waals surface area contributed by atoms with Crippen molar-refractivity contribution in [2.45, 2.75) is 45.2 Å². The molecule has 2 amide bonds. The molecule has 7 heteroatoms. The number of rotatable bonds is 4. The van der Waals surface area contributed by atoms with Crippen molar-refractivity contribution in [2.75, 3.05) is 0 Å². The van der Waals surface area contributed by atoms with Gasteiger partial charge in [-0.1, -0.05) is 13.3 Å². The number of imide groups is 1. The van der Waals surface area contributed by atoms with Crippen molar-refractivity contribution in [3.8, 4) is 0 Å². The maximum Gasteiger partial charge on any atom is 0.321 e. The average Bonchev–Trinajstić information content (AvgIpc) is 2.93. The van der Waals surface area contributed by atoms with E-state index >= 15 is 0 Å². The molecule has 0 saturated carbocycles. The molecule has 0 aliphatic carbocycles. The van der Waals surface area contributed by atoms with Gasteiger partial charge < -0.3 is 4.84 Å². The molecule has 0 bridgehead atoms. The Morgan fingerprint density at radius 1 is 1.35 bits per heavy atom. The average molecular weight is 241 g/mol. The molecule has 0 spiro atoms. The van der Waals surface area contributed by atoms with Crippen molar-refractivity contribution in [1.82, 2.24) is 5.06 Å². The third kappa shape index (κ3) is 3.93. The number of hydroxylamine groups is 2. The first-order valence-electron chi connectivity index (χ1n) is 5.42. The molecule has 0 atom stereocenters. The van der Waals surface area contributed by atoms with Crippen molar-refractivity contribution in [2.24, 2.45) is 10.2 Å². The van der Waals surface area contributed by atoms with Crippen molar-refractivity contribution < 1.29 is 19.2 Å². The van der Waals surface area contributed by atoms with Gasteiger partial charge in [-0.15, -0.1) is 5.06 Å². The summed E-state index contributed by atoms with van der Waals surface area (Å²) in [6, 6.07) is 0. The first-order chi connectivity index (χ1) is 8.02. The van der Waals surface area contributed by atoms with Gasteiger partial charge in [0.05, 0.1) is 0 Å². The molecule has 0 aromatic heterocycles. The van der Waals surface area contributed by atoms with E-state index in [2.05, 4.69) is 28.9 Å². The van der Waals surface area contributed by atoms with Gasteiger partial charge in [-0.25, -0.2) is 0 Å². The summed E-state index contributed by atoms with van der Waals surface area (Å²) >= 11 is 0. The second-order valence-corrected chi connectivity index (χ2v) is 3.95. The highest BCUT2D eigenvalue weighted by molar-refractivity contribution is 6.01. The van der Waals surface area contributed by atoms with Crippen LogP contribution in [-0.2, 0) is 19.2 Å². The lowest BCUT2D eigenvalue weighted by molar-refractivity contribution is -0.188. The first kappa shape index (κ1) is 13.3. The van der Waals surface area contributed by atoms with E-state index in [1.54, 1.807) is 0 Å². The van der Waals surface area contributed by atoms with Crippen LogP contribution in [0, 0.1) is 0 Å². The Morgan fingerprint density at radius 2 is 1.88 bits per heavy atom. The molecule has 0 radical (unpaired) electrons. The third-order valence-electron chi connectivity index (χ3n) is 2.32. The summed E-state index contributed by atoms with van der Waals surface area (Å²) in [5.41, 5.74) is 0.0503. The fourth-order valence-electron chi connectivity index (χ4n) is 1.38. The molecular weight excluding hydrogens is 226 g/mol. The molecule has 7 nitrogen and oxygen atoms in total. The van der Waals surface area contributed by atoms with Crippen LogP contribution in [0.4, 0.5) is 0 Å². The molecule has 94 valence electrons. The first-order valence-corrected chi connectivity index (χ1v) is 5.42. The molecule has 0 unspecified atom stereocenters. The van der Waals surface area contributed by atoms with Crippen LogP contribution in [0.15, 0.2) is 10.2 Å². The van der Waals surface area contributed by atoms with E-state index in [1.165, 1.54) is 6.42 Å². The predicted octanol–water partition coefficient (Wildman–Crippen LogP) is 1.19. The summed E-state index contributed by atoms with van der Waals surface area (Å²) in [7, 11) is 0. The molecule has 2 heterocycles. The Balaban J connectivity index is 0.000000181. The van der Waals surface area contributed by atoms with Gasteiger partial charge in [0.25, 0.3) is 11.8 Å². The summed E-state index contributed by atoms with van der Waals surface area (Å²) in [6.07, 6.45) is 2.57. The van der Waals surface area contributed by atoms with Crippen LogP contribution in [0.3, 0.4) is 0 Å². The van der Waals surface area contributed by atoms with Gasteiger partial charge in [-0.05, 0) is 13.3 Å². The molecule has 2 rings (SSSR count). The van der Waals surface area contributed by atoms with Gasteiger partial charge in [0.1, 0.15) is 0 Å². The van der Waals surface area contributed by atoms with Gasteiger partial charge in [0, 0.05) is 12.8 Å². The second kappa shape index (κ2) is 5.51. The highest BCUT2D eigenvalue weighted by atomic mass is 16.7. The lowest BCUT2D eigenvalue weighted by atomic mass is 10.1. The Bertz CT molecular complexity index is 331. The maximum atomic E-state index is 10.6. The summed E-state index contributed by atoms with van der Waals surface area (Å²) < 4.78 is 0. The van der Waals surface area contributed by atoms with Gasteiger partial charge in [-0.2, -0.15) is 10.2 Å². The molecule has 1 fully saturated rings. The predicted molar refractivity (Wildman–Crippen MR) is 56.4 cm³/mol. The topological polar surface area (TPSA) is 88.4 Å². The molecule has 0 aromatic carbocycles. The van der Waals surface area contributed by atoms with Crippen LogP contribution >= 0.6 is 0 Å². The Kier molecular flexibility index (Phi) is 4.30. The Morgan fingerprint density at radius 3 is 2.18 bits per heavy atom. The minimum Gasteiger partial charge on any atom is -0.334 e. The fourth-order valence-corrected chi connectivity index (χ4v) is 1.38. The Labute approximate surface area is 98.8 Å². The fraction of sp³-hybridized carbons (Fsp3) is 0.700. The van der Waals surface area contributed by atoms with Crippen LogP contribution in [0.2, 0.25) is 0 Å². The third-order valence-corrected chi connectivity index (χ3v) is 2.32. The standard InChI is InChI=1S/C5H10N2.C5H5NO4/c1-3-4-5(2)6-7-5;7-3-10-6-4(8)1-2-5(6)9/h3-4H2,1-2H3;3H,1-2H2. The van der Waals surface area contributed by atoms with Crippen LogP contribution < -0.4 is 0 Å². The number of carbonyl (C=O) groups excluding carboxylic acids is 3. The van der Waals surface area contributed by atoms with Crippen molar-refractivity contribution >= 4 is 18.3 Å². The van der Waals surface area contributed by atoms with Gasteiger partial charge in [-0.3, -0.25) is 14.4 Å². The number of carbonyl (C=O) groups is 3.